The van der Waals surface area contributed by atoms with Gasteiger partial charge in [0.25, 0.3) is 0 Å². The summed E-state index contributed by atoms with van der Waals surface area (Å²) in [5.74, 6) is 4.40. The van der Waals surface area contributed by atoms with Crippen LogP contribution in [0.15, 0.2) is 29.2 Å². The topological polar surface area (TPSA) is 29.5 Å². The Labute approximate surface area is 110 Å². The molecule has 0 aliphatic carbocycles. The molecule has 1 unspecified atom stereocenters. The van der Waals surface area contributed by atoms with Gasteiger partial charge in [0.2, 0.25) is 0 Å². The SMILES string of the molecule is C=S(=O)(c1cccc(C(C)C)c1)N1CCOCC1. The van der Waals surface area contributed by atoms with Crippen molar-refractivity contribution in [1.29, 1.82) is 0 Å². The minimum Gasteiger partial charge on any atom is -0.379 e. The molecule has 18 heavy (non-hydrogen) atoms. The molecule has 0 N–H and O–H groups in total. The van der Waals surface area contributed by atoms with Crippen LogP contribution in [-0.2, 0) is 14.4 Å². The van der Waals surface area contributed by atoms with Gasteiger partial charge < -0.3 is 4.74 Å². The predicted molar refractivity (Wildman–Crippen MR) is 76.5 cm³/mol. The van der Waals surface area contributed by atoms with E-state index in [2.05, 4.69) is 25.8 Å². The second kappa shape index (κ2) is 5.43. The third-order valence-electron chi connectivity index (χ3n) is 3.28. The summed E-state index contributed by atoms with van der Waals surface area (Å²) in [7, 11) is -2.36. The Bertz CT molecular complexity index is 502. The van der Waals surface area contributed by atoms with E-state index >= 15 is 0 Å². The van der Waals surface area contributed by atoms with Crippen LogP contribution < -0.4 is 0 Å². The van der Waals surface area contributed by atoms with Gasteiger partial charge in [0.1, 0.15) is 0 Å². The lowest BCUT2D eigenvalue weighted by molar-refractivity contribution is 0.0749. The van der Waals surface area contributed by atoms with E-state index in [4.69, 9.17) is 4.74 Å². The molecule has 0 aromatic heterocycles. The molecule has 1 fully saturated rings. The Morgan fingerprint density at radius 3 is 2.61 bits per heavy atom. The molecule has 0 bridgehead atoms. The number of morpholine rings is 1. The van der Waals surface area contributed by atoms with E-state index in [0.717, 1.165) is 4.90 Å². The Morgan fingerprint density at radius 1 is 1.33 bits per heavy atom. The van der Waals surface area contributed by atoms with Crippen LogP contribution in [0.25, 0.3) is 0 Å². The van der Waals surface area contributed by atoms with Crippen molar-refractivity contribution in [3.05, 3.63) is 29.8 Å². The van der Waals surface area contributed by atoms with Gasteiger partial charge in [0, 0.05) is 18.0 Å². The predicted octanol–water partition coefficient (Wildman–Crippen LogP) is 2.13. The van der Waals surface area contributed by atoms with Gasteiger partial charge in [-0.05, 0) is 29.5 Å². The molecule has 1 heterocycles. The highest BCUT2D eigenvalue weighted by Gasteiger charge is 2.21. The minimum absolute atomic E-state index is 0.435. The van der Waals surface area contributed by atoms with Gasteiger partial charge in [-0.1, -0.05) is 26.0 Å². The molecule has 0 spiro atoms. The van der Waals surface area contributed by atoms with Gasteiger partial charge in [0.05, 0.1) is 22.9 Å². The first-order valence-electron chi connectivity index (χ1n) is 6.32. The van der Waals surface area contributed by atoms with Crippen LogP contribution in [0.1, 0.15) is 25.3 Å². The van der Waals surface area contributed by atoms with E-state index in [1.807, 2.05) is 22.5 Å². The highest BCUT2D eigenvalue weighted by Crippen LogP contribution is 2.22. The zero-order valence-electron chi connectivity index (χ0n) is 11.1. The lowest BCUT2D eigenvalue weighted by Gasteiger charge is -2.30. The van der Waals surface area contributed by atoms with Crippen molar-refractivity contribution in [3.8, 4) is 0 Å². The third-order valence-corrected chi connectivity index (χ3v) is 5.47. The first-order valence-corrected chi connectivity index (χ1v) is 8.00. The van der Waals surface area contributed by atoms with Crippen molar-refractivity contribution in [1.82, 2.24) is 4.31 Å². The normalized spacial score (nSPS) is 20.8. The molecular formula is C14H21NO2S. The molecule has 100 valence electrons. The summed E-state index contributed by atoms with van der Waals surface area (Å²) < 4.78 is 20.1. The van der Waals surface area contributed by atoms with Gasteiger partial charge >= 0.3 is 0 Å². The van der Waals surface area contributed by atoms with E-state index in [0.29, 0.717) is 32.2 Å². The maximum absolute atomic E-state index is 12.9. The van der Waals surface area contributed by atoms with Crippen LogP contribution in [0.2, 0.25) is 0 Å². The van der Waals surface area contributed by atoms with E-state index in [1.165, 1.54) is 5.56 Å². The highest BCUT2D eigenvalue weighted by molar-refractivity contribution is 7.98. The van der Waals surface area contributed by atoms with Crippen LogP contribution in [0.5, 0.6) is 0 Å². The van der Waals surface area contributed by atoms with Crippen molar-refractivity contribution in [2.75, 3.05) is 26.3 Å². The maximum Gasteiger partial charge on any atom is 0.0604 e. The summed E-state index contributed by atoms with van der Waals surface area (Å²) in [4.78, 5) is 0.829. The number of rotatable bonds is 3. The van der Waals surface area contributed by atoms with E-state index in [-0.39, 0.29) is 0 Å². The molecule has 1 aromatic carbocycles. The number of ether oxygens (including phenoxy) is 1. The summed E-state index contributed by atoms with van der Waals surface area (Å²) in [5, 5.41) is 0. The van der Waals surface area contributed by atoms with E-state index < -0.39 is 9.71 Å². The van der Waals surface area contributed by atoms with Gasteiger partial charge in [-0.2, -0.15) is 0 Å². The average Bonchev–Trinajstić information content (AvgIpc) is 2.40. The van der Waals surface area contributed by atoms with Crippen LogP contribution in [0.3, 0.4) is 0 Å². The van der Waals surface area contributed by atoms with E-state index in [1.54, 1.807) is 0 Å². The molecule has 0 amide bonds. The number of hydrogen-bond donors (Lipinski definition) is 0. The van der Waals surface area contributed by atoms with Gasteiger partial charge in [-0.3, -0.25) is 0 Å². The van der Waals surface area contributed by atoms with Crippen LogP contribution in [0, 0.1) is 0 Å². The fourth-order valence-corrected chi connectivity index (χ4v) is 3.71. The number of hydrogen-bond acceptors (Lipinski definition) is 2. The lowest BCUT2D eigenvalue weighted by Crippen LogP contribution is -2.40. The molecule has 1 aliphatic rings. The van der Waals surface area contributed by atoms with Crippen molar-refractivity contribution >= 4 is 15.6 Å². The lowest BCUT2D eigenvalue weighted by atomic mass is 10.0. The fourth-order valence-electron chi connectivity index (χ4n) is 2.06. The Hall–Kier alpha value is -0.840. The summed E-state index contributed by atoms with van der Waals surface area (Å²) >= 11 is 0. The molecule has 1 atom stereocenters. The van der Waals surface area contributed by atoms with Crippen molar-refractivity contribution in [2.24, 2.45) is 0 Å². The van der Waals surface area contributed by atoms with E-state index in [9.17, 15) is 4.21 Å². The molecule has 0 radical (unpaired) electrons. The summed E-state index contributed by atoms with van der Waals surface area (Å²) in [6, 6.07) is 7.98. The Balaban J connectivity index is 2.31. The zero-order valence-corrected chi connectivity index (χ0v) is 11.9. The molecule has 2 rings (SSSR count). The molecule has 0 saturated carbocycles. The first kappa shape index (κ1) is 13.6. The van der Waals surface area contributed by atoms with Gasteiger partial charge in [-0.15, -0.1) is 0 Å². The van der Waals surface area contributed by atoms with Crippen molar-refractivity contribution in [2.45, 2.75) is 24.7 Å². The van der Waals surface area contributed by atoms with Gasteiger partial charge in [-0.25, -0.2) is 8.51 Å². The van der Waals surface area contributed by atoms with Gasteiger partial charge in [0.15, 0.2) is 0 Å². The van der Waals surface area contributed by atoms with Crippen LogP contribution >= 0.6 is 0 Å². The summed E-state index contributed by atoms with van der Waals surface area (Å²) in [6.07, 6.45) is 0. The molecule has 4 heteroatoms. The van der Waals surface area contributed by atoms with Crippen molar-refractivity contribution < 1.29 is 8.95 Å². The highest BCUT2D eigenvalue weighted by atomic mass is 32.2. The number of nitrogens with zero attached hydrogens (tertiary/aromatic N) is 1. The second-order valence-electron chi connectivity index (χ2n) is 4.91. The largest absolute Gasteiger partial charge is 0.379 e. The quantitative estimate of drug-likeness (QED) is 0.785. The Morgan fingerprint density at radius 2 is 2.00 bits per heavy atom. The van der Waals surface area contributed by atoms with Crippen LogP contribution in [-0.4, -0.2) is 40.7 Å². The zero-order chi connectivity index (χ0) is 13.2. The molecule has 1 aromatic rings. The second-order valence-corrected chi connectivity index (χ2v) is 7.18. The third kappa shape index (κ3) is 2.76. The fraction of sp³-hybridized carbons (Fsp3) is 0.500. The maximum atomic E-state index is 12.9. The molecule has 1 saturated heterocycles. The average molecular weight is 267 g/mol. The molecule has 3 nitrogen and oxygen atoms in total. The van der Waals surface area contributed by atoms with Crippen molar-refractivity contribution in [3.63, 3.8) is 0 Å². The standard InChI is InChI=1S/C14H21NO2S/c1-12(2)13-5-4-6-14(11-13)18(3,16)15-7-9-17-10-8-15/h4-6,11-12H,3,7-10H2,1-2H3. The minimum atomic E-state index is -2.36. The molecular weight excluding hydrogens is 246 g/mol. The Kier molecular flexibility index (Phi) is 4.10. The van der Waals surface area contributed by atoms with Crippen LogP contribution in [0.4, 0.5) is 0 Å². The summed E-state index contributed by atoms with van der Waals surface area (Å²) in [6.45, 7) is 6.92. The summed E-state index contributed by atoms with van der Waals surface area (Å²) in [5.41, 5.74) is 1.21. The first-order chi connectivity index (χ1) is 8.51. The monoisotopic (exact) mass is 267 g/mol. The smallest absolute Gasteiger partial charge is 0.0604 e. The number of benzene rings is 1. The molecule has 1 aliphatic heterocycles.